The van der Waals surface area contributed by atoms with Gasteiger partial charge in [0.2, 0.25) is 11.8 Å². The number of nitrogens with two attached hydrogens (primary N) is 1. The molecule has 1 aliphatic heterocycles. The average molecular weight is 591 g/mol. The number of aliphatic hydroxyl groups is 1. The number of aliphatic carboxylic acids is 1. The van der Waals surface area contributed by atoms with Crippen molar-refractivity contribution < 1.29 is 42.5 Å². The topological polar surface area (TPSA) is 193 Å². The van der Waals surface area contributed by atoms with Gasteiger partial charge in [-0.15, -0.1) is 0 Å². The van der Waals surface area contributed by atoms with Gasteiger partial charge >= 0.3 is 13.7 Å². The maximum Gasteiger partial charge on any atom is 0.459 e. The zero-order valence-electron chi connectivity index (χ0n) is 22.2. The smallest absolute Gasteiger partial charge is 0.459 e. The summed E-state index contributed by atoms with van der Waals surface area (Å²) in [5.74, 6) is -1.23. The number of halogens is 1. The van der Waals surface area contributed by atoms with E-state index in [0.717, 1.165) is 5.39 Å². The Morgan fingerprint density at radius 2 is 2.02 bits per heavy atom. The van der Waals surface area contributed by atoms with Crippen molar-refractivity contribution in [1.82, 2.24) is 24.6 Å². The van der Waals surface area contributed by atoms with Crippen molar-refractivity contribution in [3.05, 3.63) is 48.8 Å². The zero-order chi connectivity index (χ0) is 29.5. The lowest BCUT2D eigenvalue weighted by atomic mass is 9.98. The lowest BCUT2D eigenvalue weighted by molar-refractivity contribution is -0.138. The van der Waals surface area contributed by atoms with Crippen LogP contribution in [0.3, 0.4) is 0 Å². The first kappa shape index (κ1) is 28.6. The molecule has 1 fully saturated rings. The van der Waals surface area contributed by atoms with Crippen molar-refractivity contribution in [2.24, 2.45) is 0 Å². The second-order valence-corrected chi connectivity index (χ2v) is 11.3. The number of nitrogen functional groups attached to an aromatic ring is 1. The van der Waals surface area contributed by atoms with Crippen LogP contribution >= 0.6 is 7.75 Å². The number of imidazole rings is 1. The summed E-state index contributed by atoms with van der Waals surface area (Å²) in [4.78, 5) is 23.8. The number of fused-ring (bicyclic) bond motifs is 2. The number of hydrogen-bond acceptors (Lipinski definition) is 11. The molecular formula is C25H28FN6O8P. The van der Waals surface area contributed by atoms with Gasteiger partial charge in [0.05, 0.1) is 20.0 Å². The van der Waals surface area contributed by atoms with E-state index < -0.39 is 50.5 Å². The Morgan fingerprint density at radius 3 is 2.76 bits per heavy atom. The fraction of sp³-hybridized carbons (Fsp3) is 0.360. The minimum absolute atomic E-state index is 0.0747. The number of ether oxygens (including phenoxy) is 2. The summed E-state index contributed by atoms with van der Waals surface area (Å²) in [6.07, 6.45) is -3.60. The number of carboxylic acid groups (broad SMARTS) is 1. The standard InChI is InChI=1S/C25H28FN6O8P/c1-13(22(33)34)31-41(36,40-16-10-6-8-14-7-4-5-9-15(14)16)38-11-17-19(26)25(2,35)23(39-17)32-12-28-18-20(32)29-24(27)30-21(18)37-3/h4-10,12-13,17,19,23,35H,11H2,1-3H3,(H,31,36)(H,33,34)(H2,27,29,30)/t13?,17-,19-,23?,25-,41?/m1/s1. The Hall–Kier alpha value is -3.88. The number of benzene rings is 2. The van der Waals surface area contributed by atoms with Crippen LogP contribution in [-0.2, 0) is 18.6 Å². The second kappa shape index (κ2) is 10.8. The second-order valence-electron chi connectivity index (χ2n) is 9.62. The molecule has 6 atom stereocenters. The van der Waals surface area contributed by atoms with Gasteiger partial charge in [0.15, 0.2) is 23.6 Å². The van der Waals surface area contributed by atoms with Crippen molar-refractivity contribution in [3.8, 4) is 11.6 Å². The van der Waals surface area contributed by atoms with Crippen LogP contribution in [0, 0.1) is 0 Å². The van der Waals surface area contributed by atoms with Crippen LogP contribution in [-0.4, -0.2) is 73.3 Å². The Labute approximate surface area is 232 Å². The number of carboxylic acids is 1. The Morgan fingerprint density at radius 1 is 1.29 bits per heavy atom. The molecule has 16 heteroatoms. The lowest BCUT2D eigenvalue weighted by Crippen LogP contribution is -2.42. The number of anilines is 1. The number of hydrogen-bond donors (Lipinski definition) is 4. The number of rotatable bonds is 10. The summed E-state index contributed by atoms with van der Waals surface area (Å²) < 4.78 is 53.0. The predicted octanol–water partition coefficient (Wildman–Crippen LogP) is 2.82. The van der Waals surface area contributed by atoms with E-state index in [1.165, 1.54) is 31.9 Å². The third-order valence-electron chi connectivity index (χ3n) is 6.64. The third-order valence-corrected chi connectivity index (χ3v) is 8.27. The van der Waals surface area contributed by atoms with Crippen LogP contribution < -0.4 is 20.1 Å². The van der Waals surface area contributed by atoms with Crippen LogP contribution in [0.2, 0.25) is 0 Å². The molecule has 4 aromatic rings. The molecule has 2 aromatic carbocycles. The Bertz CT molecular complexity index is 1650. The molecule has 3 heterocycles. The van der Waals surface area contributed by atoms with Gasteiger partial charge in [-0.25, -0.2) is 13.9 Å². The van der Waals surface area contributed by atoms with E-state index in [1.807, 2.05) is 18.2 Å². The molecule has 1 aliphatic rings. The van der Waals surface area contributed by atoms with Gasteiger partial charge in [0.25, 0.3) is 0 Å². The van der Waals surface area contributed by atoms with Crippen molar-refractivity contribution in [2.45, 2.75) is 44.0 Å². The van der Waals surface area contributed by atoms with Gasteiger partial charge in [-0.2, -0.15) is 15.1 Å². The lowest BCUT2D eigenvalue weighted by Gasteiger charge is -2.26. The normalized spacial score (nSPS) is 24.8. The molecule has 14 nitrogen and oxygen atoms in total. The van der Waals surface area contributed by atoms with Gasteiger partial charge < -0.3 is 29.9 Å². The highest BCUT2D eigenvalue weighted by molar-refractivity contribution is 7.52. The molecule has 0 radical (unpaired) electrons. The molecule has 5 N–H and O–H groups in total. The van der Waals surface area contributed by atoms with Gasteiger partial charge in [0.1, 0.15) is 23.5 Å². The quantitative estimate of drug-likeness (QED) is 0.197. The fourth-order valence-corrected chi connectivity index (χ4v) is 6.06. The molecule has 1 saturated heterocycles. The average Bonchev–Trinajstić information content (AvgIpc) is 3.44. The van der Waals surface area contributed by atoms with Crippen molar-refractivity contribution in [3.63, 3.8) is 0 Å². The van der Waals surface area contributed by atoms with E-state index in [4.69, 9.17) is 24.3 Å². The summed E-state index contributed by atoms with van der Waals surface area (Å²) >= 11 is 0. The first-order chi connectivity index (χ1) is 19.4. The van der Waals surface area contributed by atoms with Crippen LogP contribution in [0.15, 0.2) is 48.8 Å². The molecule has 41 heavy (non-hydrogen) atoms. The molecular weight excluding hydrogens is 562 g/mol. The number of alkyl halides is 1. The largest absolute Gasteiger partial charge is 0.480 e. The van der Waals surface area contributed by atoms with Crippen molar-refractivity contribution in [2.75, 3.05) is 19.5 Å². The number of methoxy groups -OCH3 is 1. The molecule has 3 unspecified atom stereocenters. The van der Waals surface area contributed by atoms with Crippen molar-refractivity contribution >= 4 is 41.6 Å². The van der Waals surface area contributed by atoms with Crippen LogP contribution in [0.5, 0.6) is 11.6 Å². The molecule has 0 bridgehead atoms. The first-order valence-electron chi connectivity index (χ1n) is 12.4. The highest BCUT2D eigenvalue weighted by Crippen LogP contribution is 2.49. The summed E-state index contributed by atoms with van der Waals surface area (Å²) in [6, 6.07) is 10.8. The van der Waals surface area contributed by atoms with Crippen LogP contribution in [0.25, 0.3) is 21.9 Å². The maximum atomic E-state index is 15.6. The van der Waals surface area contributed by atoms with Gasteiger partial charge in [-0.05, 0) is 25.3 Å². The molecule has 0 spiro atoms. The number of nitrogens with zero attached hydrogens (tertiary/aromatic N) is 4. The van der Waals surface area contributed by atoms with E-state index >= 15 is 4.39 Å². The van der Waals surface area contributed by atoms with E-state index in [1.54, 1.807) is 24.3 Å². The monoisotopic (exact) mass is 590 g/mol. The molecule has 218 valence electrons. The zero-order valence-corrected chi connectivity index (χ0v) is 23.1. The van der Waals surface area contributed by atoms with Gasteiger partial charge in [-0.3, -0.25) is 13.9 Å². The van der Waals surface area contributed by atoms with E-state index in [0.29, 0.717) is 5.39 Å². The minimum Gasteiger partial charge on any atom is -0.480 e. The predicted molar refractivity (Wildman–Crippen MR) is 144 cm³/mol. The van der Waals surface area contributed by atoms with Crippen LogP contribution in [0.4, 0.5) is 10.3 Å². The molecule has 0 amide bonds. The van der Waals surface area contributed by atoms with Crippen LogP contribution in [0.1, 0.15) is 20.1 Å². The number of nitrogens with one attached hydrogen (secondary N) is 1. The summed E-state index contributed by atoms with van der Waals surface area (Å²) in [5.41, 5.74) is 3.97. The van der Waals surface area contributed by atoms with E-state index in [9.17, 15) is 19.6 Å². The summed E-state index contributed by atoms with van der Waals surface area (Å²) in [5, 5.41) is 24.3. The maximum absolute atomic E-state index is 15.6. The molecule has 2 aromatic heterocycles. The minimum atomic E-state index is -4.44. The van der Waals surface area contributed by atoms with E-state index in [-0.39, 0.29) is 28.7 Å². The van der Waals surface area contributed by atoms with Gasteiger partial charge in [0, 0.05) is 5.39 Å². The fourth-order valence-electron chi connectivity index (χ4n) is 4.54. The number of aromatic nitrogens is 4. The molecule has 0 saturated carbocycles. The molecule has 5 rings (SSSR count). The number of carbonyl (C=O) groups is 1. The van der Waals surface area contributed by atoms with Crippen molar-refractivity contribution in [1.29, 1.82) is 0 Å². The first-order valence-corrected chi connectivity index (χ1v) is 14.0. The molecule has 0 aliphatic carbocycles. The third kappa shape index (κ3) is 5.42. The Balaban J connectivity index is 1.42. The SMILES string of the molecule is COc1nc(N)nc2c1ncn2C1O[C@H](COP(=O)(NC(C)C(=O)O)Oc2cccc3ccccc23)[C@@H](F)[C@@]1(C)O. The summed E-state index contributed by atoms with van der Waals surface area (Å²) in [7, 11) is -3.08. The Kier molecular flexibility index (Phi) is 7.57. The highest BCUT2D eigenvalue weighted by atomic mass is 31.2. The van der Waals surface area contributed by atoms with E-state index in [2.05, 4.69) is 20.0 Å². The highest BCUT2D eigenvalue weighted by Gasteiger charge is 2.55. The summed E-state index contributed by atoms with van der Waals surface area (Å²) in [6.45, 7) is 1.79. The van der Waals surface area contributed by atoms with Gasteiger partial charge in [-0.1, -0.05) is 36.4 Å².